The quantitative estimate of drug-likeness (QED) is 0.684. The van der Waals surface area contributed by atoms with E-state index >= 15 is 0 Å². The van der Waals surface area contributed by atoms with Crippen LogP contribution >= 0.6 is 0 Å². The number of amides is 2. The maximum absolute atomic E-state index is 11.9. The Balaban J connectivity index is 1.99. The van der Waals surface area contributed by atoms with E-state index in [-0.39, 0.29) is 17.9 Å². The maximum Gasteiger partial charge on any atom is 0.257 e. The fraction of sp³-hybridized carbons (Fsp3) is 0.231. The number of para-hydroxylation sites is 1. The summed E-state index contributed by atoms with van der Waals surface area (Å²) >= 11 is 0. The van der Waals surface area contributed by atoms with Crippen LogP contribution in [0.4, 0.5) is 0 Å². The molecule has 0 aromatic heterocycles. The van der Waals surface area contributed by atoms with Crippen LogP contribution in [0, 0.1) is 0 Å². The second kappa shape index (κ2) is 3.45. The van der Waals surface area contributed by atoms with Crippen molar-refractivity contribution < 1.29 is 14.3 Å². The Bertz CT molecular complexity index is 547. The van der Waals surface area contributed by atoms with E-state index in [4.69, 9.17) is 4.74 Å². The molecule has 0 radical (unpaired) electrons. The van der Waals surface area contributed by atoms with Gasteiger partial charge in [0.05, 0.1) is 0 Å². The average Bonchev–Trinajstić information content (AvgIpc) is 2.82. The van der Waals surface area contributed by atoms with E-state index in [1.807, 2.05) is 24.3 Å². The zero-order valence-electron chi connectivity index (χ0n) is 9.34. The van der Waals surface area contributed by atoms with E-state index in [0.29, 0.717) is 12.2 Å². The van der Waals surface area contributed by atoms with Crippen molar-refractivity contribution in [2.45, 2.75) is 13.0 Å². The van der Waals surface area contributed by atoms with E-state index in [1.165, 1.54) is 11.0 Å². The predicted molar refractivity (Wildman–Crippen MR) is 60.3 cm³/mol. The lowest BCUT2D eigenvalue weighted by atomic mass is 10.1. The average molecular weight is 229 g/mol. The highest BCUT2D eigenvalue weighted by atomic mass is 16.5. The fourth-order valence-corrected chi connectivity index (χ4v) is 2.26. The molecule has 1 atom stereocenters. The van der Waals surface area contributed by atoms with Crippen molar-refractivity contribution in [2.75, 3.05) is 6.61 Å². The van der Waals surface area contributed by atoms with Crippen molar-refractivity contribution in [1.29, 1.82) is 0 Å². The van der Waals surface area contributed by atoms with Crippen molar-refractivity contribution >= 4 is 11.8 Å². The monoisotopic (exact) mass is 229 g/mol. The Morgan fingerprint density at radius 2 is 2.06 bits per heavy atom. The number of ether oxygens (including phenoxy) is 1. The van der Waals surface area contributed by atoms with E-state index in [2.05, 4.69) is 0 Å². The SMILES string of the molecule is CC1=CC(=O)N(C2COc3ccccc32)C1=O. The van der Waals surface area contributed by atoms with Crippen molar-refractivity contribution in [3.63, 3.8) is 0 Å². The van der Waals surface area contributed by atoms with Crippen LogP contribution in [-0.4, -0.2) is 23.3 Å². The minimum Gasteiger partial charge on any atom is -0.491 e. The molecular weight excluding hydrogens is 218 g/mol. The lowest BCUT2D eigenvalue weighted by molar-refractivity contribution is -0.140. The Kier molecular flexibility index (Phi) is 2.04. The first kappa shape index (κ1) is 10.1. The Morgan fingerprint density at radius 3 is 2.76 bits per heavy atom. The third-order valence-corrected chi connectivity index (χ3v) is 3.12. The molecule has 2 aliphatic rings. The summed E-state index contributed by atoms with van der Waals surface area (Å²) in [5, 5.41) is 0. The minimum absolute atomic E-state index is 0.222. The van der Waals surface area contributed by atoms with Gasteiger partial charge in [-0.2, -0.15) is 0 Å². The van der Waals surface area contributed by atoms with Gasteiger partial charge in [0.15, 0.2) is 0 Å². The molecule has 0 saturated heterocycles. The summed E-state index contributed by atoms with van der Waals surface area (Å²) in [6.45, 7) is 2.00. The van der Waals surface area contributed by atoms with Gasteiger partial charge in [0.1, 0.15) is 18.4 Å². The highest BCUT2D eigenvalue weighted by Crippen LogP contribution is 2.37. The van der Waals surface area contributed by atoms with Gasteiger partial charge in [0.2, 0.25) is 0 Å². The number of benzene rings is 1. The first-order valence-corrected chi connectivity index (χ1v) is 5.46. The minimum atomic E-state index is -0.292. The van der Waals surface area contributed by atoms with E-state index in [1.54, 1.807) is 6.92 Å². The first-order chi connectivity index (χ1) is 8.18. The molecule has 0 N–H and O–H groups in total. The number of rotatable bonds is 1. The molecule has 2 aliphatic heterocycles. The van der Waals surface area contributed by atoms with Crippen LogP contribution in [0.1, 0.15) is 18.5 Å². The lowest BCUT2D eigenvalue weighted by Gasteiger charge is -2.21. The van der Waals surface area contributed by atoms with Crippen molar-refractivity contribution in [1.82, 2.24) is 4.90 Å². The predicted octanol–water partition coefficient (Wildman–Crippen LogP) is 1.44. The van der Waals surface area contributed by atoms with E-state index in [0.717, 1.165) is 11.3 Å². The standard InChI is InChI=1S/C13H11NO3/c1-8-6-12(15)14(13(8)16)10-7-17-11-5-3-2-4-9(10)11/h2-6,10H,7H2,1H3. The molecule has 0 fully saturated rings. The molecule has 2 amide bonds. The second-order valence-corrected chi connectivity index (χ2v) is 4.21. The highest BCUT2D eigenvalue weighted by Gasteiger charge is 2.39. The van der Waals surface area contributed by atoms with Gasteiger partial charge < -0.3 is 4.74 Å². The molecule has 0 aliphatic carbocycles. The Hall–Kier alpha value is -2.10. The zero-order valence-corrected chi connectivity index (χ0v) is 9.34. The smallest absolute Gasteiger partial charge is 0.257 e. The lowest BCUT2D eigenvalue weighted by Crippen LogP contribution is -2.35. The highest BCUT2D eigenvalue weighted by molar-refractivity contribution is 6.16. The van der Waals surface area contributed by atoms with Crippen LogP contribution in [-0.2, 0) is 9.59 Å². The van der Waals surface area contributed by atoms with Crippen LogP contribution in [0.15, 0.2) is 35.9 Å². The summed E-state index contributed by atoms with van der Waals surface area (Å²) in [6, 6.07) is 7.20. The van der Waals surface area contributed by atoms with Crippen LogP contribution in [0.2, 0.25) is 0 Å². The third-order valence-electron chi connectivity index (χ3n) is 3.12. The van der Waals surface area contributed by atoms with Crippen LogP contribution in [0.3, 0.4) is 0 Å². The van der Waals surface area contributed by atoms with Gasteiger partial charge >= 0.3 is 0 Å². The van der Waals surface area contributed by atoms with Crippen LogP contribution in [0.5, 0.6) is 5.75 Å². The molecule has 1 aromatic rings. The summed E-state index contributed by atoms with van der Waals surface area (Å²) in [4.78, 5) is 24.9. The molecule has 4 nitrogen and oxygen atoms in total. The fourth-order valence-electron chi connectivity index (χ4n) is 2.26. The van der Waals surface area contributed by atoms with Gasteiger partial charge in [-0.3, -0.25) is 14.5 Å². The Morgan fingerprint density at radius 1 is 1.29 bits per heavy atom. The third kappa shape index (κ3) is 1.37. The van der Waals surface area contributed by atoms with Gasteiger partial charge in [0.25, 0.3) is 11.8 Å². The number of carbonyl (C=O) groups excluding carboxylic acids is 2. The van der Waals surface area contributed by atoms with E-state index < -0.39 is 0 Å². The van der Waals surface area contributed by atoms with Crippen molar-refractivity contribution in [3.8, 4) is 5.75 Å². The molecular formula is C13H11NO3. The zero-order chi connectivity index (χ0) is 12.0. The van der Waals surface area contributed by atoms with Gasteiger partial charge in [-0.25, -0.2) is 0 Å². The van der Waals surface area contributed by atoms with E-state index in [9.17, 15) is 9.59 Å². The topological polar surface area (TPSA) is 46.6 Å². The summed E-state index contributed by atoms with van der Waals surface area (Å²) in [7, 11) is 0. The van der Waals surface area contributed by atoms with Gasteiger partial charge in [-0.1, -0.05) is 18.2 Å². The molecule has 2 heterocycles. The number of hydrogen-bond donors (Lipinski definition) is 0. The van der Waals surface area contributed by atoms with Crippen molar-refractivity contribution in [3.05, 3.63) is 41.5 Å². The van der Waals surface area contributed by atoms with Gasteiger partial charge in [-0.05, 0) is 13.0 Å². The summed E-state index contributed by atoms with van der Waals surface area (Å²) in [6.07, 6.45) is 1.38. The largest absolute Gasteiger partial charge is 0.491 e. The number of hydrogen-bond acceptors (Lipinski definition) is 3. The number of nitrogens with zero attached hydrogens (tertiary/aromatic N) is 1. The summed E-state index contributed by atoms with van der Waals surface area (Å²) in [5.41, 5.74) is 1.39. The molecule has 1 unspecified atom stereocenters. The normalized spacial score (nSPS) is 22.5. The van der Waals surface area contributed by atoms with Crippen LogP contribution in [0.25, 0.3) is 0 Å². The second-order valence-electron chi connectivity index (χ2n) is 4.21. The van der Waals surface area contributed by atoms with Crippen molar-refractivity contribution in [2.24, 2.45) is 0 Å². The molecule has 3 rings (SSSR count). The number of fused-ring (bicyclic) bond motifs is 1. The number of imide groups is 1. The van der Waals surface area contributed by atoms with Gasteiger partial charge in [0, 0.05) is 17.2 Å². The molecule has 0 bridgehead atoms. The summed E-state index contributed by atoms with van der Waals surface area (Å²) < 4.78 is 5.49. The maximum atomic E-state index is 11.9. The van der Waals surface area contributed by atoms with Crippen LogP contribution < -0.4 is 4.74 Å². The van der Waals surface area contributed by atoms with Gasteiger partial charge in [-0.15, -0.1) is 0 Å². The molecule has 1 aromatic carbocycles. The molecule has 0 saturated carbocycles. The molecule has 17 heavy (non-hydrogen) atoms. The molecule has 4 heteroatoms. The molecule has 0 spiro atoms. The summed E-state index contributed by atoms with van der Waals surface area (Å²) in [5.74, 6) is 0.278. The first-order valence-electron chi connectivity index (χ1n) is 5.46. The number of carbonyl (C=O) groups is 2. The molecule has 86 valence electrons. The Labute approximate surface area is 98.5 Å².